The highest BCUT2D eigenvalue weighted by Crippen LogP contribution is 2.34. The third-order valence-corrected chi connectivity index (χ3v) is 5.02. The van der Waals surface area contributed by atoms with Crippen LogP contribution in [0.3, 0.4) is 0 Å². The topological polar surface area (TPSA) is 32.6 Å². The first kappa shape index (κ1) is 18.8. The van der Waals surface area contributed by atoms with E-state index in [1.54, 1.807) is 0 Å². The highest BCUT2D eigenvalue weighted by Gasteiger charge is 2.17. The zero-order valence-corrected chi connectivity index (χ0v) is 16.4. The van der Waals surface area contributed by atoms with Gasteiger partial charge in [0.25, 0.3) is 0 Å². The molecule has 0 N–H and O–H groups in total. The maximum Gasteiger partial charge on any atom is 0.119 e. The molecule has 1 heterocycles. The van der Waals surface area contributed by atoms with E-state index in [1.807, 2.05) is 19.1 Å². The maximum absolute atomic E-state index is 5.80. The van der Waals surface area contributed by atoms with E-state index in [1.165, 1.54) is 27.8 Å². The second-order valence-corrected chi connectivity index (χ2v) is 6.81. The molecule has 0 radical (unpaired) electrons. The van der Waals surface area contributed by atoms with Gasteiger partial charge in [0.15, 0.2) is 0 Å². The summed E-state index contributed by atoms with van der Waals surface area (Å²) >= 11 is 0. The third-order valence-electron chi connectivity index (χ3n) is 5.02. The van der Waals surface area contributed by atoms with E-state index >= 15 is 0 Å². The lowest BCUT2D eigenvalue weighted by Crippen LogP contribution is -2.10. The number of fused-ring (bicyclic) bond motifs is 3. The molecule has 1 aromatic heterocycles. The van der Waals surface area contributed by atoms with E-state index in [0.29, 0.717) is 26.4 Å². The Hall–Kier alpha value is -2.56. The average molecular weight is 377 g/mol. The van der Waals surface area contributed by atoms with Gasteiger partial charge in [0, 0.05) is 28.9 Å². The number of ether oxygens (including phenoxy) is 3. The molecule has 0 saturated carbocycles. The SMILES string of the molecule is CCOCCOCCOc1ccc(-n2c3c(c4ccccc42)C=CCC3)cc1. The van der Waals surface area contributed by atoms with Crippen molar-refractivity contribution in [3.8, 4) is 11.4 Å². The number of aromatic nitrogens is 1. The zero-order chi connectivity index (χ0) is 19.2. The second-order valence-electron chi connectivity index (χ2n) is 6.81. The first-order valence-electron chi connectivity index (χ1n) is 10.1. The van der Waals surface area contributed by atoms with Crippen LogP contribution in [0.5, 0.6) is 5.75 Å². The fourth-order valence-electron chi connectivity index (χ4n) is 3.74. The number of allylic oxidation sites excluding steroid dienone is 1. The Morgan fingerprint density at radius 3 is 2.54 bits per heavy atom. The Morgan fingerprint density at radius 2 is 1.68 bits per heavy atom. The molecule has 0 atom stereocenters. The van der Waals surface area contributed by atoms with Gasteiger partial charge in [-0.15, -0.1) is 0 Å². The van der Waals surface area contributed by atoms with Crippen molar-refractivity contribution in [2.45, 2.75) is 19.8 Å². The lowest BCUT2D eigenvalue weighted by molar-refractivity contribution is 0.0405. The second kappa shape index (κ2) is 9.09. The number of rotatable bonds is 9. The van der Waals surface area contributed by atoms with Crippen molar-refractivity contribution in [1.82, 2.24) is 4.57 Å². The third kappa shape index (κ3) is 3.98. The molecular formula is C24H27NO3. The molecule has 4 rings (SSSR count). The van der Waals surface area contributed by atoms with E-state index in [4.69, 9.17) is 14.2 Å². The van der Waals surface area contributed by atoms with E-state index in [2.05, 4.69) is 53.1 Å². The first-order valence-corrected chi connectivity index (χ1v) is 10.1. The van der Waals surface area contributed by atoms with Gasteiger partial charge in [0.2, 0.25) is 0 Å². The number of benzene rings is 2. The lowest BCUT2D eigenvalue weighted by Gasteiger charge is -2.14. The molecule has 4 heteroatoms. The fraction of sp³-hybridized carbons (Fsp3) is 0.333. The van der Waals surface area contributed by atoms with Gasteiger partial charge in [-0.3, -0.25) is 0 Å². The molecule has 0 bridgehead atoms. The summed E-state index contributed by atoms with van der Waals surface area (Å²) in [4.78, 5) is 0. The van der Waals surface area contributed by atoms with Crippen molar-refractivity contribution in [2.75, 3.05) is 33.0 Å². The predicted molar refractivity (Wildman–Crippen MR) is 113 cm³/mol. The van der Waals surface area contributed by atoms with Crippen LogP contribution >= 0.6 is 0 Å². The van der Waals surface area contributed by atoms with Crippen LogP contribution in [0.1, 0.15) is 24.6 Å². The first-order chi connectivity index (χ1) is 13.9. The quantitative estimate of drug-likeness (QED) is 0.491. The van der Waals surface area contributed by atoms with Gasteiger partial charge < -0.3 is 18.8 Å². The Kier molecular flexibility index (Phi) is 6.10. The molecule has 0 saturated heterocycles. The molecule has 1 aliphatic carbocycles. The zero-order valence-electron chi connectivity index (χ0n) is 16.4. The van der Waals surface area contributed by atoms with Crippen molar-refractivity contribution in [3.05, 3.63) is 65.9 Å². The molecule has 3 aromatic rings. The van der Waals surface area contributed by atoms with Gasteiger partial charge in [-0.1, -0.05) is 30.4 Å². The van der Waals surface area contributed by atoms with Crippen molar-refractivity contribution < 1.29 is 14.2 Å². The van der Waals surface area contributed by atoms with Crippen LogP contribution < -0.4 is 4.74 Å². The number of hydrogen-bond donors (Lipinski definition) is 0. The Morgan fingerprint density at radius 1 is 0.893 bits per heavy atom. The predicted octanol–water partition coefficient (Wildman–Crippen LogP) is 5.02. The van der Waals surface area contributed by atoms with E-state index in [9.17, 15) is 0 Å². The minimum Gasteiger partial charge on any atom is -0.491 e. The Bertz CT molecular complexity index is 940. The largest absolute Gasteiger partial charge is 0.491 e. The number of para-hydroxylation sites is 1. The molecule has 28 heavy (non-hydrogen) atoms. The van der Waals surface area contributed by atoms with Crippen LogP contribution in [-0.2, 0) is 15.9 Å². The van der Waals surface area contributed by atoms with Gasteiger partial charge >= 0.3 is 0 Å². The van der Waals surface area contributed by atoms with Crippen LogP contribution in [0.4, 0.5) is 0 Å². The summed E-state index contributed by atoms with van der Waals surface area (Å²) in [5.74, 6) is 0.863. The summed E-state index contributed by atoms with van der Waals surface area (Å²) in [6.45, 7) is 5.05. The maximum atomic E-state index is 5.80. The molecule has 2 aromatic carbocycles. The van der Waals surface area contributed by atoms with Gasteiger partial charge in [-0.2, -0.15) is 0 Å². The summed E-state index contributed by atoms with van der Waals surface area (Å²) < 4.78 is 18.9. The number of nitrogens with zero attached hydrogens (tertiary/aromatic N) is 1. The molecule has 0 amide bonds. The van der Waals surface area contributed by atoms with Crippen LogP contribution in [0.15, 0.2) is 54.6 Å². The molecule has 0 spiro atoms. The fourth-order valence-corrected chi connectivity index (χ4v) is 3.74. The van der Waals surface area contributed by atoms with Gasteiger partial charge in [-0.05, 0) is 50.1 Å². The van der Waals surface area contributed by atoms with Gasteiger partial charge in [0.05, 0.1) is 25.3 Å². The smallest absolute Gasteiger partial charge is 0.119 e. The van der Waals surface area contributed by atoms with Crippen LogP contribution in [0, 0.1) is 0 Å². The molecule has 146 valence electrons. The van der Waals surface area contributed by atoms with Crippen LogP contribution in [0.25, 0.3) is 22.7 Å². The molecule has 1 aliphatic rings. The summed E-state index contributed by atoms with van der Waals surface area (Å²) in [5, 5.41) is 1.32. The van der Waals surface area contributed by atoms with Crippen LogP contribution in [-0.4, -0.2) is 37.6 Å². The van der Waals surface area contributed by atoms with Crippen molar-refractivity contribution in [1.29, 1.82) is 0 Å². The summed E-state index contributed by atoms with van der Waals surface area (Å²) in [6, 6.07) is 17.0. The molecule has 0 unspecified atom stereocenters. The van der Waals surface area contributed by atoms with E-state index in [-0.39, 0.29) is 0 Å². The summed E-state index contributed by atoms with van der Waals surface area (Å²) in [6.07, 6.45) is 6.69. The lowest BCUT2D eigenvalue weighted by atomic mass is 10.0. The number of hydrogen-bond acceptors (Lipinski definition) is 3. The minimum absolute atomic E-state index is 0.540. The molecule has 0 aliphatic heterocycles. The highest BCUT2D eigenvalue weighted by atomic mass is 16.5. The highest BCUT2D eigenvalue weighted by molar-refractivity contribution is 5.93. The monoisotopic (exact) mass is 377 g/mol. The van der Waals surface area contributed by atoms with E-state index in [0.717, 1.165) is 25.2 Å². The summed E-state index contributed by atoms with van der Waals surface area (Å²) in [7, 11) is 0. The average Bonchev–Trinajstić information content (AvgIpc) is 3.08. The molecule has 4 nitrogen and oxygen atoms in total. The van der Waals surface area contributed by atoms with Crippen molar-refractivity contribution in [3.63, 3.8) is 0 Å². The normalized spacial score (nSPS) is 13.0. The van der Waals surface area contributed by atoms with Gasteiger partial charge in [-0.25, -0.2) is 0 Å². The van der Waals surface area contributed by atoms with Crippen molar-refractivity contribution >= 4 is 17.0 Å². The van der Waals surface area contributed by atoms with Crippen molar-refractivity contribution in [2.24, 2.45) is 0 Å². The molecule has 0 fully saturated rings. The molecular weight excluding hydrogens is 350 g/mol. The summed E-state index contributed by atoms with van der Waals surface area (Å²) in [5.41, 5.74) is 5.18. The van der Waals surface area contributed by atoms with Gasteiger partial charge in [0.1, 0.15) is 12.4 Å². The standard InChI is InChI=1S/C24H27NO3/c1-2-26-15-16-27-17-18-28-20-13-11-19(12-14-20)25-23-9-5-3-7-21(23)22-8-4-6-10-24(22)25/h3-5,7-9,11-14H,2,6,10,15-18H2,1H3. The van der Waals surface area contributed by atoms with Crippen LogP contribution in [0.2, 0.25) is 0 Å². The van der Waals surface area contributed by atoms with E-state index < -0.39 is 0 Å². The Balaban J connectivity index is 1.46. The Labute approximate surface area is 166 Å². The minimum atomic E-state index is 0.540.